The number of ether oxygens (including phenoxy) is 1. The molecule has 1 N–H and O–H groups in total. The summed E-state index contributed by atoms with van der Waals surface area (Å²) in [5.41, 5.74) is 2.27. The summed E-state index contributed by atoms with van der Waals surface area (Å²) in [4.78, 5) is 13.4. The number of halogens is 1. The lowest BCUT2D eigenvalue weighted by Crippen LogP contribution is -2.23. The second kappa shape index (κ2) is 9.50. The number of rotatable bonds is 7. The highest BCUT2D eigenvalue weighted by Gasteiger charge is 2.19. The zero-order valence-corrected chi connectivity index (χ0v) is 19.8. The van der Waals surface area contributed by atoms with Crippen molar-refractivity contribution in [2.45, 2.75) is 18.2 Å². The fourth-order valence-electron chi connectivity index (χ4n) is 3.75. The number of aromatic nitrogens is 4. The van der Waals surface area contributed by atoms with Gasteiger partial charge in [0.2, 0.25) is 5.78 Å². The lowest BCUT2D eigenvalue weighted by atomic mass is 10.2. The summed E-state index contributed by atoms with van der Waals surface area (Å²) >= 11 is 7.25. The average molecular weight is 493 g/mol. The number of para-hydroxylation sites is 2. The van der Waals surface area contributed by atoms with E-state index in [4.69, 9.17) is 16.3 Å². The number of aliphatic hydroxyl groups excluding tert-OH is 1. The molecule has 0 radical (unpaired) electrons. The molecule has 5 rings (SSSR count). The summed E-state index contributed by atoms with van der Waals surface area (Å²) in [6.07, 6.45) is -0.735. The second-order valence-electron chi connectivity index (χ2n) is 7.79. The molecule has 0 aliphatic heterocycles. The molecule has 1 unspecified atom stereocenters. The largest absolute Gasteiger partial charge is 0.491 e. The van der Waals surface area contributed by atoms with Gasteiger partial charge < -0.3 is 9.84 Å². The first-order valence-corrected chi connectivity index (χ1v) is 12.0. The maximum absolute atomic E-state index is 13.4. The van der Waals surface area contributed by atoms with E-state index < -0.39 is 6.10 Å². The van der Waals surface area contributed by atoms with Crippen LogP contribution in [0.2, 0.25) is 5.02 Å². The SMILES string of the molecule is Cc1ccccc1-n1c(=O)c2ccccc2n2c(SCC(O)COc3ccc(Cl)cc3)nnc12. The highest BCUT2D eigenvalue weighted by atomic mass is 35.5. The smallest absolute Gasteiger partial charge is 0.267 e. The molecule has 0 saturated heterocycles. The van der Waals surface area contributed by atoms with Crippen molar-refractivity contribution in [2.24, 2.45) is 0 Å². The first-order valence-electron chi connectivity index (χ1n) is 10.7. The molecular formula is C25H21ClN4O3S. The number of nitrogens with zero attached hydrogens (tertiary/aromatic N) is 4. The maximum Gasteiger partial charge on any atom is 0.267 e. The first kappa shape index (κ1) is 22.5. The Labute approximate surface area is 204 Å². The van der Waals surface area contributed by atoms with E-state index in [1.165, 1.54) is 11.8 Å². The van der Waals surface area contributed by atoms with Gasteiger partial charge in [-0.1, -0.05) is 53.7 Å². The van der Waals surface area contributed by atoms with Crippen molar-refractivity contribution in [2.75, 3.05) is 12.4 Å². The van der Waals surface area contributed by atoms with E-state index in [1.807, 2.05) is 53.8 Å². The highest BCUT2D eigenvalue weighted by molar-refractivity contribution is 7.99. The van der Waals surface area contributed by atoms with Gasteiger partial charge in [0.05, 0.1) is 22.7 Å². The van der Waals surface area contributed by atoms with E-state index in [-0.39, 0.29) is 12.2 Å². The molecule has 2 aromatic heterocycles. The number of aliphatic hydroxyl groups is 1. The zero-order chi connectivity index (χ0) is 23.7. The summed E-state index contributed by atoms with van der Waals surface area (Å²) in [7, 11) is 0. The van der Waals surface area contributed by atoms with Gasteiger partial charge in [-0.05, 0) is 55.0 Å². The summed E-state index contributed by atoms with van der Waals surface area (Å²) in [5.74, 6) is 1.40. The van der Waals surface area contributed by atoms with Crippen LogP contribution in [0.1, 0.15) is 5.56 Å². The molecule has 1 atom stereocenters. The molecular weight excluding hydrogens is 472 g/mol. The number of thioether (sulfide) groups is 1. The highest BCUT2D eigenvalue weighted by Crippen LogP contribution is 2.25. The maximum atomic E-state index is 13.4. The minimum absolute atomic E-state index is 0.125. The molecule has 7 nitrogen and oxygen atoms in total. The van der Waals surface area contributed by atoms with Gasteiger partial charge in [-0.15, -0.1) is 10.2 Å². The number of hydrogen-bond acceptors (Lipinski definition) is 6. The third-order valence-electron chi connectivity index (χ3n) is 5.41. The quantitative estimate of drug-likeness (QED) is 0.336. The number of aryl methyl sites for hydroxylation is 1. The molecule has 0 aliphatic rings. The Kier molecular flexibility index (Phi) is 6.28. The van der Waals surface area contributed by atoms with Crippen LogP contribution in [0, 0.1) is 6.92 Å². The molecule has 172 valence electrons. The number of benzene rings is 3. The van der Waals surface area contributed by atoms with Crippen molar-refractivity contribution in [3.8, 4) is 11.4 Å². The third-order valence-corrected chi connectivity index (χ3v) is 6.74. The zero-order valence-electron chi connectivity index (χ0n) is 18.3. The van der Waals surface area contributed by atoms with Crippen molar-refractivity contribution in [1.29, 1.82) is 0 Å². The molecule has 3 aromatic carbocycles. The molecule has 0 bridgehead atoms. The van der Waals surface area contributed by atoms with Crippen LogP contribution >= 0.6 is 23.4 Å². The van der Waals surface area contributed by atoms with Crippen LogP contribution in [0.5, 0.6) is 5.75 Å². The number of hydrogen-bond donors (Lipinski definition) is 1. The van der Waals surface area contributed by atoms with Gasteiger partial charge in [0.15, 0.2) is 5.16 Å². The van der Waals surface area contributed by atoms with Gasteiger partial charge in [-0.25, -0.2) is 4.57 Å². The van der Waals surface area contributed by atoms with Crippen LogP contribution in [0.15, 0.2) is 82.7 Å². The predicted octanol–water partition coefficient (Wildman–Crippen LogP) is 4.53. The molecule has 0 spiro atoms. The Morgan fingerprint density at radius 2 is 1.76 bits per heavy atom. The third kappa shape index (κ3) is 4.27. The lowest BCUT2D eigenvalue weighted by Gasteiger charge is -2.14. The second-order valence-corrected chi connectivity index (χ2v) is 9.22. The predicted molar refractivity (Wildman–Crippen MR) is 135 cm³/mol. The van der Waals surface area contributed by atoms with Crippen molar-refractivity contribution in [3.05, 3.63) is 93.7 Å². The van der Waals surface area contributed by atoms with Gasteiger partial charge in [0.1, 0.15) is 12.4 Å². The molecule has 0 fully saturated rings. The van der Waals surface area contributed by atoms with E-state index in [0.717, 1.165) is 11.3 Å². The first-order chi connectivity index (χ1) is 16.5. The average Bonchev–Trinajstić information content (AvgIpc) is 3.27. The van der Waals surface area contributed by atoms with Crippen LogP contribution in [0.25, 0.3) is 22.4 Å². The fraction of sp³-hybridized carbons (Fsp3) is 0.160. The molecule has 34 heavy (non-hydrogen) atoms. The Hall–Kier alpha value is -3.33. The van der Waals surface area contributed by atoms with Crippen LogP contribution in [0.4, 0.5) is 0 Å². The summed E-state index contributed by atoms with van der Waals surface area (Å²) in [6.45, 7) is 2.08. The minimum atomic E-state index is -0.735. The van der Waals surface area contributed by atoms with Crippen molar-refractivity contribution in [3.63, 3.8) is 0 Å². The van der Waals surface area contributed by atoms with Gasteiger partial charge in [0.25, 0.3) is 5.56 Å². The van der Waals surface area contributed by atoms with Crippen LogP contribution in [-0.2, 0) is 0 Å². The van der Waals surface area contributed by atoms with E-state index in [1.54, 1.807) is 34.9 Å². The standard InChI is InChI=1S/C25H21ClN4O3S/c1-16-6-2-4-8-21(16)29-23(32)20-7-3-5-9-22(20)30-24(29)27-28-25(30)34-15-18(31)14-33-19-12-10-17(26)11-13-19/h2-13,18,31H,14-15H2,1H3. The number of fused-ring (bicyclic) bond motifs is 3. The fourth-order valence-corrected chi connectivity index (χ4v) is 4.72. The Morgan fingerprint density at radius 3 is 2.56 bits per heavy atom. The van der Waals surface area contributed by atoms with Crippen LogP contribution in [-0.4, -0.2) is 42.7 Å². The van der Waals surface area contributed by atoms with Crippen molar-refractivity contribution < 1.29 is 9.84 Å². The molecule has 0 saturated carbocycles. The van der Waals surface area contributed by atoms with Crippen molar-refractivity contribution in [1.82, 2.24) is 19.2 Å². The van der Waals surface area contributed by atoms with Gasteiger partial charge in [-0.3, -0.25) is 9.20 Å². The summed E-state index contributed by atoms with van der Waals surface area (Å²) in [6, 6.07) is 22.0. The Balaban J connectivity index is 1.47. The Morgan fingerprint density at radius 1 is 1.03 bits per heavy atom. The molecule has 0 aliphatic carbocycles. The molecule has 9 heteroatoms. The summed E-state index contributed by atoms with van der Waals surface area (Å²) < 4.78 is 9.10. The van der Waals surface area contributed by atoms with Crippen LogP contribution in [0.3, 0.4) is 0 Å². The molecule has 0 amide bonds. The Bertz CT molecular complexity index is 1530. The van der Waals surface area contributed by atoms with E-state index in [9.17, 15) is 9.90 Å². The van der Waals surface area contributed by atoms with E-state index in [0.29, 0.717) is 38.4 Å². The minimum Gasteiger partial charge on any atom is -0.491 e. The normalized spacial score (nSPS) is 12.3. The topological polar surface area (TPSA) is 81.7 Å². The van der Waals surface area contributed by atoms with Gasteiger partial charge in [0, 0.05) is 10.8 Å². The van der Waals surface area contributed by atoms with E-state index >= 15 is 0 Å². The van der Waals surface area contributed by atoms with Crippen LogP contribution < -0.4 is 10.3 Å². The van der Waals surface area contributed by atoms with E-state index in [2.05, 4.69) is 10.2 Å². The van der Waals surface area contributed by atoms with Crippen molar-refractivity contribution >= 4 is 40.0 Å². The van der Waals surface area contributed by atoms with Gasteiger partial charge in [-0.2, -0.15) is 0 Å². The monoisotopic (exact) mass is 492 g/mol. The lowest BCUT2D eigenvalue weighted by molar-refractivity contribution is 0.126. The molecule has 5 aromatic rings. The summed E-state index contributed by atoms with van der Waals surface area (Å²) in [5, 5.41) is 21.0. The molecule has 2 heterocycles. The van der Waals surface area contributed by atoms with Gasteiger partial charge >= 0.3 is 0 Å².